The number of amides is 4. The van der Waals surface area contributed by atoms with E-state index in [0.717, 1.165) is 30.5 Å². The van der Waals surface area contributed by atoms with Crippen LogP contribution in [0.2, 0.25) is 0 Å². The van der Waals surface area contributed by atoms with Gasteiger partial charge in [0, 0.05) is 83.9 Å². The Bertz CT molecular complexity index is 2010. The number of morpholine rings is 1. The Morgan fingerprint density at radius 1 is 0.646 bits per heavy atom. The van der Waals surface area contributed by atoms with E-state index in [4.69, 9.17) is 4.74 Å². The zero-order chi connectivity index (χ0) is 33.9. The highest BCUT2D eigenvalue weighted by Crippen LogP contribution is 2.22. The summed E-state index contributed by atoms with van der Waals surface area (Å²) in [5.74, 6) is -1.33. The third-order valence-electron chi connectivity index (χ3n) is 8.49. The maximum atomic E-state index is 13.2. The van der Waals surface area contributed by atoms with Crippen molar-refractivity contribution >= 4 is 51.6 Å². The van der Waals surface area contributed by atoms with Crippen molar-refractivity contribution in [2.75, 3.05) is 55.3 Å². The molecule has 4 amide bonds. The average molecular weight is 654 g/mol. The van der Waals surface area contributed by atoms with Crippen LogP contribution in [0.4, 0.5) is 17.1 Å². The fourth-order valence-electron chi connectivity index (χ4n) is 5.91. The maximum Gasteiger partial charge on any atom is 0.272 e. The molecule has 14 nitrogen and oxygen atoms in total. The van der Waals surface area contributed by atoms with Gasteiger partial charge in [0.2, 0.25) is 0 Å². The van der Waals surface area contributed by atoms with Crippen LogP contribution in [0, 0.1) is 0 Å². The van der Waals surface area contributed by atoms with Crippen molar-refractivity contribution in [3.63, 3.8) is 0 Å². The molecule has 0 unspecified atom stereocenters. The minimum Gasteiger partial charge on any atom is -0.379 e. The number of ether oxygens (including phenoxy) is 1. The number of aryl methyl sites for hydroxylation is 4. The van der Waals surface area contributed by atoms with Gasteiger partial charge in [-0.05, 0) is 30.3 Å². The molecule has 4 N–H and O–H groups in total. The highest BCUT2D eigenvalue weighted by molar-refractivity contribution is 6.09. The van der Waals surface area contributed by atoms with E-state index < -0.39 is 11.8 Å². The van der Waals surface area contributed by atoms with Crippen molar-refractivity contribution in [3.8, 4) is 0 Å². The summed E-state index contributed by atoms with van der Waals surface area (Å²) in [5.41, 5.74) is 3.84. The van der Waals surface area contributed by atoms with Crippen molar-refractivity contribution in [1.82, 2.24) is 28.5 Å². The predicted octanol–water partition coefficient (Wildman–Crippen LogP) is 3.01. The molecule has 14 heteroatoms. The zero-order valence-corrected chi connectivity index (χ0v) is 27.4. The maximum absolute atomic E-state index is 13.2. The minimum atomic E-state index is -0.410. The molecule has 5 aromatic rings. The molecular formula is C34H39N9O5. The molecule has 0 saturated carbocycles. The number of aromatic nitrogens is 4. The molecule has 250 valence electrons. The lowest BCUT2D eigenvalue weighted by molar-refractivity contribution is 0.0383. The lowest BCUT2D eigenvalue weighted by atomic mass is 10.2. The normalized spacial score (nSPS) is 13.4. The number of carbonyl (C=O) groups excluding carboxylic acids is 4. The number of nitrogens with zero attached hydrogens (tertiary/aromatic N) is 5. The number of carbonyl (C=O) groups is 4. The Kier molecular flexibility index (Phi) is 9.19. The van der Waals surface area contributed by atoms with Crippen LogP contribution in [-0.4, -0.2) is 86.2 Å². The molecule has 0 aliphatic carbocycles. The molecule has 1 aliphatic rings. The van der Waals surface area contributed by atoms with Gasteiger partial charge in [0.15, 0.2) is 0 Å². The monoisotopic (exact) mass is 653 g/mol. The van der Waals surface area contributed by atoms with Crippen molar-refractivity contribution < 1.29 is 23.9 Å². The summed E-state index contributed by atoms with van der Waals surface area (Å²) < 4.78 is 12.1. The van der Waals surface area contributed by atoms with Crippen LogP contribution in [0.5, 0.6) is 0 Å². The van der Waals surface area contributed by atoms with E-state index in [1.807, 2.05) is 41.9 Å². The smallest absolute Gasteiger partial charge is 0.272 e. The van der Waals surface area contributed by atoms with E-state index in [1.54, 1.807) is 71.6 Å². The van der Waals surface area contributed by atoms with E-state index in [0.29, 0.717) is 59.6 Å². The van der Waals surface area contributed by atoms with Crippen molar-refractivity contribution in [3.05, 3.63) is 89.9 Å². The predicted molar refractivity (Wildman–Crippen MR) is 183 cm³/mol. The fourth-order valence-corrected chi connectivity index (χ4v) is 5.91. The van der Waals surface area contributed by atoms with Gasteiger partial charge in [0.25, 0.3) is 23.6 Å². The molecule has 0 spiro atoms. The molecular weight excluding hydrogens is 614 g/mol. The molecule has 1 aromatic carbocycles. The van der Waals surface area contributed by atoms with Gasteiger partial charge in [-0.25, -0.2) is 0 Å². The fraction of sp³-hybridized carbons (Fsp3) is 0.294. The van der Waals surface area contributed by atoms with Crippen molar-refractivity contribution in [2.45, 2.75) is 0 Å². The lowest BCUT2D eigenvalue weighted by Gasteiger charge is -2.26. The Hall–Kier alpha value is -5.60. The second kappa shape index (κ2) is 13.6. The van der Waals surface area contributed by atoms with E-state index in [9.17, 15) is 19.2 Å². The summed E-state index contributed by atoms with van der Waals surface area (Å²) in [7, 11) is 6.99. The van der Waals surface area contributed by atoms with Crippen molar-refractivity contribution in [2.24, 2.45) is 28.2 Å². The van der Waals surface area contributed by atoms with E-state index >= 15 is 0 Å². The van der Waals surface area contributed by atoms with Gasteiger partial charge >= 0.3 is 0 Å². The van der Waals surface area contributed by atoms with Crippen LogP contribution >= 0.6 is 0 Å². The van der Waals surface area contributed by atoms with Crippen LogP contribution in [0.25, 0.3) is 10.9 Å². The van der Waals surface area contributed by atoms with Crippen LogP contribution in [-0.2, 0) is 32.9 Å². The third kappa shape index (κ3) is 6.89. The number of hydrogen-bond donors (Lipinski definition) is 4. The summed E-state index contributed by atoms with van der Waals surface area (Å²) in [5, 5.41) is 12.4. The standard InChI is InChI=1S/C34H39N9O5/c1-39-19-23(16-27(39)31(44)35-9-10-43-11-13-48-14-12-43)36-32(45)28-17-24(20-40(28)2)37-33(46)29-18-25(21-41(29)3)38-34(47)30-15-22-7-5-6-8-26(22)42(30)4/h5-8,15-21H,9-14H2,1-4H3,(H,35,44)(H,36,45)(H,37,46)(H,38,47). The van der Waals surface area contributed by atoms with Gasteiger partial charge in [0.1, 0.15) is 22.8 Å². The second-order valence-electron chi connectivity index (χ2n) is 11.9. The largest absolute Gasteiger partial charge is 0.379 e. The minimum absolute atomic E-state index is 0.230. The highest BCUT2D eigenvalue weighted by Gasteiger charge is 2.20. The lowest BCUT2D eigenvalue weighted by Crippen LogP contribution is -2.41. The SMILES string of the molecule is Cn1cc(NC(=O)c2cc(NC(=O)c3cc(NC(=O)c4cc5ccccc5n4C)cn3C)cn2C)cc1C(=O)NCCN1CCOCC1. The molecule has 1 saturated heterocycles. The molecule has 0 atom stereocenters. The summed E-state index contributed by atoms with van der Waals surface area (Å²) in [4.78, 5) is 54.5. The number of anilines is 3. The van der Waals surface area contributed by atoms with Gasteiger partial charge in [-0.3, -0.25) is 24.1 Å². The van der Waals surface area contributed by atoms with E-state index in [1.165, 1.54) is 0 Å². The quantitative estimate of drug-likeness (QED) is 0.182. The number of hydrogen-bond acceptors (Lipinski definition) is 6. The number of nitrogens with one attached hydrogen (secondary N) is 4. The zero-order valence-electron chi connectivity index (χ0n) is 27.4. The molecule has 6 rings (SSSR count). The van der Waals surface area contributed by atoms with Crippen LogP contribution in [0.15, 0.2) is 67.1 Å². The molecule has 1 aliphatic heterocycles. The number of fused-ring (bicyclic) bond motifs is 1. The Morgan fingerprint density at radius 2 is 1.12 bits per heavy atom. The molecule has 0 radical (unpaired) electrons. The first-order chi connectivity index (χ1) is 23.1. The van der Waals surface area contributed by atoms with Crippen LogP contribution in [0.1, 0.15) is 42.0 Å². The summed E-state index contributed by atoms with van der Waals surface area (Å²) in [6.45, 7) is 4.34. The van der Waals surface area contributed by atoms with Gasteiger partial charge in [-0.15, -0.1) is 0 Å². The van der Waals surface area contributed by atoms with Crippen LogP contribution < -0.4 is 21.3 Å². The Balaban J connectivity index is 1.05. The number of benzene rings is 1. The Labute approximate surface area is 277 Å². The first-order valence-electron chi connectivity index (χ1n) is 15.6. The first kappa shape index (κ1) is 32.3. The summed E-state index contributed by atoms with van der Waals surface area (Å²) in [6, 6.07) is 14.4. The first-order valence-corrected chi connectivity index (χ1v) is 15.6. The Morgan fingerprint density at radius 3 is 1.65 bits per heavy atom. The van der Waals surface area contributed by atoms with E-state index in [-0.39, 0.29) is 11.8 Å². The summed E-state index contributed by atoms with van der Waals surface area (Å²) >= 11 is 0. The van der Waals surface area contributed by atoms with Gasteiger partial charge in [-0.2, -0.15) is 0 Å². The molecule has 1 fully saturated rings. The second-order valence-corrected chi connectivity index (χ2v) is 11.9. The molecule has 5 heterocycles. The topological polar surface area (TPSA) is 149 Å². The van der Waals surface area contributed by atoms with Gasteiger partial charge in [0.05, 0.1) is 30.3 Å². The third-order valence-corrected chi connectivity index (χ3v) is 8.49. The van der Waals surface area contributed by atoms with Gasteiger partial charge in [-0.1, -0.05) is 18.2 Å². The average Bonchev–Trinajstić information content (AvgIpc) is 3.82. The van der Waals surface area contributed by atoms with Crippen molar-refractivity contribution in [1.29, 1.82) is 0 Å². The van der Waals surface area contributed by atoms with Gasteiger partial charge < -0.3 is 44.3 Å². The van der Waals surface area contributed by atoms with E-state index in [2.05, 4.69) is 26.2 Å². The number of rotatable bonds is 10. The molecule has 0 bridgehead atoms. The number of para-hydroxylation sites is 1. The summed E-state index contributed by atoms with van der Waals surface area (Å²) in [6.07, 6.45) is 4.97. The highest BCUT2D eigenvalue weighted by atomic mass is 16.5. The molecule has 4 aromatic heterocycles. The molecule has 48 heavy (non-hydrogen) atoms. The van der Waals surface area contributed by atoms with Crippen LogP contribution in [0.3, 0.4) is 0 Å².